The quantitative estimate of drug-likeness (QED) is 0.808. The summed E-state index contributed by atoms with van der Waals surface area (Å²) in [5, 5.41) is 6.15. The lowest BCUT2D eigenvalue weighted by Gasteiger charge is -2.31. The Hall–Kier alpha value is -2.97. The minimum absolute atomic E-state index is 0.298. The summed E-state index contributed by atoms with van der Waals surface area (Å²) in [4.78, 5) is 18.7. The summed E-state index contributed by atoms with van der Waals surface area (Å²) in [6.07, 6.45) is -2.46. The molecule has 6 nitrogen and oxygen atoms in total. The second-order valence-corrected chi connectivity index (χ2v) is 6.49. The number of fused-ring (bicyclic) bond motifs is 1. The Bertz CT molecular complexity index is 840. The van der Waals surface area contributed by atoms with Crippen LogP contribution in [0.4, 0.5) is 29.5 Å². The molecule has 1 aliphatic heterocycles. The van der Waals surface area contributed by atoms with Crippen molar-refractivity contribution >= 4 is 17.5 Å². The van der Waals surface area contributed by atoms with E-state index in [1.807, 2.05) is 19.9 Å². The molecule has 0 aliphatic carbocycles. The molecule has 1 unspecified atom stereocenters. The number of pyridine rings is 1. The number of halogens is 3. The lowest BCUT2D eigenvalue weighted by molar-refractivity contribution is -0.274. The van der Waals surface area contributed by atoms with Gasteiger partial charge in [0.05, 0.1) is 11.7 Å². The Balaban J connectivity index is 1.72. The molecule has 0 spiro atoms. The molecule has 2 heterocycles. The van der Waals surface area contributed by atoms with Gasteiger partial charge in [-0.1, -0.05) is 19.1 Å². The molecule has 1 aromatic heterocycles. The summed E-state index contributed by atoms with van der Waals surface area (Å²) in [6.45, 7) is 4.88. The van der Waals surface area contributed by atoms with Gasteiger partial charge in [0.2, 0.25) is 0 Å². The number of aryl methyl sites for hydroxylation is 1. The van der Waals surface area contributed by atoms with Crippen LogP contribution < -0.4 is 20.3 Å². The highest BCUT2D eigenvalue weighted by Gasteiger charge is 2.31. The van der Waals surface area contributed by atoms with Crippen molar-refractivity contribution in [1.29, 1.82) is 0 Å². The molecule has 2 N–H and O–H groups in total. The molecule has 150 valence electrons. The van der Waals surface area contributed by atoms with Crippen LogP contribution in [0.5, 0.6) is 5.75 Å². The van der Waals surface area contributed by atoms with Gasteiger partial charge in [0.15, 0.2) is 5.82 Å². The summed E-state index contributed by atoms with van der Waals surface area (Å²) < 4.78 is 40.8. The molecule has 1 aliphatic rings. The van der Waals surface area contributed by atoms with E-state index in [1.54, 1.807) is 11.1 Å². The van der Waals surface area contributed by atoms with Gasteiger partial charge < -0.3 is 15.4 Å². The third-order valence-electron chi connectivity index (χ3n) is 4.38. The van der Waals surface area contributed by atoms with Crippen molar-refractivity contribution in [2.45, 2.75) is 32.7 Å². The first kappa shape index (κ1) is 19.8. The zero-order valence-electron chi connectivity index (χ0n) is 15.5. The number of benzene rings is 1. The number of anilines is 2. The van der Waals surface area contributed by atoms with Gasteiger partial charge in [-0.05, 0) is 42.7 Å². The van der Waals surface area contributed by atoms with Crippen LogP contribution in [0, 0.1) is 6.92 Å². The smallest absolute Gasteiger partial charge is 0.406 e. The fraction of sp³-hybridized carbons (Fsp3) is 0.368. The Morgan fingerprint density at radius 3 is 2.71 bits per heavy atom. The van der Waals surface area contributed by atoms with Crippen LogP contribution in [-0.2, 0) is 0 Å². The Morgan fingerprint density at radius 2 is 2.07 bits per heavy atom. The van der Waals surface area contributed by atoms with Crippen molar-refractivity contribution in [2.24, 2.45) is 0 Å². The van der Waals surface area contributed by atoms with Crippen molar-refractivity contribution < 1.29 is 22.7 Å². The molecule has 0 bridgehead atoms. The van der Waals surface area contributed by atoms with Crippen LogP contribution >= 0.6 is 0 Å². The predicted octanol–water partition coefficient (Wildman–Crippen LogP) is 4.38. The zero-order valence-corrected chi connectivity index (χ0v) is 15.5. The molecule has 0 saturated carbocycles. The maximum atomic E-state index is 12.8. The van der Waals surface area contributed by atoms with E-state index in [0.717, 1.165) is 11.3 Å². The number of urea groups is 1. The van der Waals surface area contributed by atoms with Crippen molar-refractivity contribution in [3.05, 3.63) is 47.7 Å². The second-order valence-electron chi connectivity index (χ2n) is 6.49. The lowest BCUT2D eigenvalue weighted by atomic mass is 10.0. The number of nitrogens with one attached hydrogen (secondary N) is 2. The maximum absolute atomic E-state index is 12.8. The minimum atomic E-state index is -4.74. The topological polar surface area (TPSA) is 66.5 Å². The van der Waals surface area contributed by atoms with Gasteiger partial charge in [-0.3, -0.25) is 4.90 Å². The number of aromatic nitrogens is 1. The number of amides is 2. The molecule has 2 aromatic rings. The molecule has 3 rings (SSSR count). The van der Waals surface area contributed by atoms with Crippen LogP contribution in [0.15, 0.2) is 36.5 Å². The van der Waals surface area contributed by atoms with Gasteiger partial charge >= 0.3 is 12.4 Å². The Kier molecular flexibility index (Phi) is 5.62. The summed E-state index contributed by atoms with van der Waals surface area (Å²) >= 11 is 0. The molecular weight excluding hydrogens is 373 g/mol. The first-order valence-corrected chi connectivity index (χ1v) is 8.91. The first-order chi connectivity index (χ1) is 13.3. The molecule has 0 fully saturated rings. The van der Waals surface area contributed by atoms with Crippen molar-refractivity contribution in [3.63, 3.8) is 0 Å². The predicted molar refractivity (Wildman–Crippen MR) is 99.5 cm³/mol. The third-order valence-corrected chi connectivity index (χ3v) is 4.38. The minimum Gasteiger partial charge on any atom is -0.406 e. The number of alkyl halides is 3. The summed E-state index contributed by atoms with van der Waals surface area (Å²) in [5.74, 6) is 0.256. The van der Waals surface area contributed by atoms with Crippen LogP contribution in [0.2, 0.25) is 0 Å². The highest BCUT2D eigenvalue weighted by molar-refractivity contribution is 5.95. The third kappa shape index (κ3) is 4.65. The van der Waals surface area contributed by atoms with Gasteiger partial charge in [0.25, 0.3) is 0 Å². The van der Waals surface area contributed by atoms with E-state index in [0.29, 0.717) is 30.9 Å². The van der Waals surface area contributed by atoms with Gasteiger partial charge in [-0.2, -0.15) is 0 Å². The second kappa shape index (κ2) is 7.95. The van der Waals surface area contributed by atoms with E-state index in [2.05, 4.69) is 20.4 Å². The molecule has 9 heteroatoms. The molecule has 0 radical (unpaired) electrons. The van der Waals surface area contributed by atoms with Crippen LogP contribution in [0.25, 0.3) is 0 Å². The molecule has 2 amide bonds. The van der Waals surface area contributed by atoms with Crippen molar-refractivity contribution in [2.75, 3.05) is 23.3 Å². The van der Waals surface area contributed by atoms with E-state index in [9.17, 15) is 18.0 Å². The average molecular weight is 394 g/mol. The van der Waals surface area contributed by atoms with Crippen molar-refractivity contribution in [3.8, 4) is 5.75 Å². The molecule has 1 aromatic carbocycles. The van der Waals surface area contributed by atoms with E-state index in [1.165, 1.54) is 24.3 Å². The van der Waals surface area contributed by atoms with Gasteiger partial charge in [-0.15, -0.1) is 13.2 Å². The highest BCUT2D eigenvalue weighted by Crippen LogP contribution is 2.29. The number of nitrogens with zero attached hydrogens (tertiary/aromatic N) is 2. The molecule has 1 atom stereocenters. The number of hydrogen-bond donors (Lipinski definition) is 2. The van der Waals surface area contributed by atoms with E-state index in [-0.39, 0.29) is 17.8 Å². The van der Waals surface area contributed by atoms with Crippen molar-refractivity contribution in [1.82, 2.24) is 10.3 Å². The van der Waals surface area contributed by atoms with E-state index >= 15 is 0 Å². The Morgan fingerprint density at radius 1 is 1.36 bits per heavy atom. The number of carbonyl (C=O) groups excluding carboxylic acids is 1. The highest BCUT2D eigenvalue weighted by atomic mass is 19.4. The SMILES string of the molecule is CCC(NC(=O)N1CCNc2cc(C)cnc21)c1ccc(OC(F)(F)F)cc1. The zero-order chi connectivity index (χ0) is 20.3. The number of rotatable bonds is 4. The normalized spacial score (nSPS) is 14.7. The summed E-state index contributed by atoms with van der Waals surface area (Å²) in [7, 11) is 0. The van der Waals surface area contributed by atoms with E-state index in [4.69, 9.17) is 0 Å². The fourth-order valence-corrected chi connectivity index (χ4v) is 3.06. The summed E-state index contributed by atoms with van der Waals surface area (Å²) in [6, 6.07) is 6.78. The Labute approximate surface area is 160 Å². The maximum Gasteiger partial charge on any atom is 0.573 e. The molecular formula is C19H21F3N4O2. The molecule has 28 heavy (non-hydrogen) atoms. The monoisotopic (exact) mass is 394 g/mol. The number of carbonyl (C=O) groups is 1. The number of ether oxygens (including phenoxy) is 1. The van der Waals surface area contributed by atoms with Crippen LogP contribution in [0.3, 0.4) is 0 Å². The molecule has 0 saturated heterocycles. The van der Waals surface area contributed by atoms with Gasteiger partial charge in [0.1, 0.15) is 5.75 Å². The van der Waals surface area contributed by atoms with E-state index < -0.39 is 6.36 Å². The standard InChI is InChI=1S/C19H21F3N4O2/c1-3-15(13-4-6-14(7-5-13)28-19(20,21)22)25-18(27)26-9-8-23-16-10-12(2)11-24-17(16)26/h4-7,10-11,15,23H,3,8-9H2,1-2H3,(H,25,27). The van der Waals surface area contributed by atoms with Gasteiger partial charge in [0, 0.05) is 19.3 Å². The largest absolute Gasteiger partial charge is 0.573 e. The summed E-state index contributed by atoms with van der Waals surface area (Å²) in [5.41, 5.74) is 2.47. The van der Waals surface area contributed by atoms with Gasteiger partial charge in [-0.25, -0.2) is 9.78 Å². The lowest BCUT2D eigenvalue weighted by Crippen LogP contribution is -2.46. The van der Waals surface area contributed by atoms with Crippen LogP contribution in [0.1, 0.15) is 30.5 Å². The average Bonchev–Trinajstić information content (AvgIpc) is 2.64. The van der Waals surface area contributed by atoms with Crippen LogP contribution in [-0.4, -0.2) is 30.5 Å². The first-order valence-electron chi connectivity index (χ1n) is 8.91. The fourth-order valence-electron chi connectivity index (χ4n) is 3.06. The number of hydrogen-bond acceptors (Lipinski definition) is 4.